The lowest BCUT2D eigenvalue weighted by atomic mass is 10.1. The molecule has 0 spiro atoms. The van der Waals surface area contributed by atoms with Gasteiger partial charge < -0.3 is 0 Å². The molecule has 0 aliphatic heterocycles. The fourth-order valence-electron chi connectivity index (χ4n) is 2.41. The molecule has 0 saturated carbocycles. The first-order valence-corrected chi connectivity index (χ1v) is 6.32. The maximum absolute atomic E-state index is 4.43. The number of H-pyrrole nitrogens is 1. The molecule has 0 bridgehead atoms. The van der Waals surface area contributed by atoms with Gasteiger partial charge in [0.05, 0.1) is 11.0 Å². The molecule has 5 heteroatoms. The summed E-state index contributed by atoms with van der Waals surface area (Å²) in [4.78, 5) is 12.6. The Kier molecular flexibility index (Phi) is 2.26. The van der Waals surface area contributed by atoms with Gasteiger partial charge >= 0.3 is 0 Å². The standard InChI is InChI=1S/C15H11N5/c1-9-4-10(2-3-17-9)15-12-6-13-11(7-16-8-18-13)5-14(12)19-20-15/h2-8H,1H3,(H,19,20). The van der Waals surface area contributed by atoms with E-state index in [4.69, 9.17) is 0 Å². The molecule has 1 N–H and O–H groups in total. The molecule has 0 saturated heterocycles. The summed E-state index contributed by atoms with van der Waals surface area (Å²) in [5.41, 5.74) is 4.85. The van der Waals surface area contributed by atoms with Gasteiger partial charge in [-0.3, -0.25) is 10.1 Å². The maximum Gasteiger partial charge on any atom is 0.116 e. The van der Waals surface area contributed by atoms with Crippen molar-refractivity contribution in [1.29, 1.82) is 0 Å². The Morgan fingerprint density at radius 2 is 2.05 bits per heavy atom. The molecular formula is C15H11N5. The molecule has 96 valence electrons. The number of rotatable bonds is 1. The Hall–Kier alpha value is -2.82. The van der Waals surface area contributed by atoms with Crippen LogP contribution in [-0.2, 0) is 0 Å². The fourth-order valence-corrected chi connectivity index (χ4v) is 2.41. The molecule has 1 aromatic carbocycles. The number of fused-ring (bicyclic) bond motifs is 2. The van der Waals surface area contributed by atoms with Crippen molar-refractivity contribution in [3.05, 3.63) is 48.7 Å². The highest BCUT2D eigenvalue weighted by atomic mass is 15.1. The summed E-state index contributed by atoms with van der Waals surface area (Å²) in [7, 11) is 0. The first-order chi connectivity index (χ1) is 9.81. The Morgan fingerprint density at radius 1 is 1.10 bits per heavy atom. The molecule has 0 aliphatic rings. The Labute approximate surface area is 114 Å². The summed E-state index contributed by atoms with van der Waals surface area (Å²) in [6.45, 7) is 1.97. The number of aromatic amines is 1. The zero-order chi connectivity index (χ0) is 13.5. The molecule has 0 radical (unpaired) electrons. The minimum atomic E-state index is 0.918. The number of hydrogen-bond donors (Lipinski definition) is 1. The van der Waals surface area contributed by atoms with Gasteiger partial charge in [-0.1, -0.05) is 0 Å². The molecule has 0 unspecified atom stereocenters. The smallest absolute Gasteiger partial charge is 0.116 e. The van der Waals surface area contributed by atoms with Crippen LogP contribution in [0, 0.1) is 6.92 Å². The van der Waals surface area contributed by atoms with Crippen LogP contribution in [0.4, 0.5) is 0 Å². The minimum absolute atomic E-state index is 0.918. The van der Waals surface area contributed by atoms with Crippen LogP contribution >= 0.6 is 0 Å². The summed E-state index contributed by atoms with van der Waals surface area (Å²) in [5.74, 6) is 0. The van der Waals surface area contributed by atoms with Gasteiger partial charge in [0.2, 0.25) is 0 Å². The van der Waals surface area contributed by atoms with Crippen LogP contribution in [0.25, 0.3) is 33.1 Å². The lowest BCUT2D eigenvalue weighted by Crippen LogP contribution is -1.84. The second-order valence-electron chi connectivity index (χ2n) is 4.74. The fraction of sp³-hybridized carbons (Fsp3) is 0.0667. The number of hydrogen-bond acceptors (Lipinski definition) is 4. The van der Waals surface area contributed by atoms with Gasteiger partial charge in [0.15, 0.2) is 0 Å². The number of nitrogens with zero attached hydrogens (tertiary/aromatic N) is 4. The van der Waals surface area contributed by atoms with E-state index in [2.05, 4.69) is 25.1 Å². The Morgan fingerprint density at radius 3 is 2.95 bits per heavy atom. The number of aromatic nitrogens is 5. The molecular weight excluding hydrogens is 250 g/mol. The zero-order valence-electron chi connectivity index (χ0n) is 10.8. The summed E-state index contributed by atoms with van der Waals surface area (Å²) in [5, 5.41) is 9.56. The van der Waals surface area contributed by atoms with E-state index in [0.717, 1.165) is 38.8 Å². The van der Waals surface area contributed by atoms with Crippen molar-refractivity contribution in [2.75, 3.05) is 0 Å². The van der Waals surface area contributed by atoms with Gasteiger partial charge in [-0.05, 0) is 31.2 Å². The second kappa shape index (κ2) is 4.09. The van der Waals surface area contributed by atoms with Crippen LogP contribution < -0.4 is 0 Å². The first kappa shape index (κ1) is 11.0. The van der Waals surface area contributed by atoms with E-state index in [0.29, 0.717) is 0 Å². The average molecular weight is 261 g/mol. The van der Waals surface area contributed by atoms with Crippen LogP contribution in [0.2, 0.25) is 0 Å². The average Bonchev–Trinajstić information content (AvgIpc) is 2.87. The minimum Gasteiger partial charge on any atom is -0.277 e. The van der Waals surface area contributed by atoms with Crippen molar-refractivity contribution >= 4 is 21.8 Å². The zero-order valence-corrected chi connectivity index (χ0v) is 10.8. The van der Waals surface area contributed by atoms with Gasteiger partial charge in [0.25, 0.3) is 0 Å². The van der Waals surface area contributed by atoms with Crippen LogP contribution in [0.3, 0.4) is 0 Å². The van der Waals surface area contributed by atoms with Crippen molar-refractivity contribution in [2.45, 2.75) is 6.92 Å². The largest absolute Gasteiger partial charge is 0.277 e. The third kappa shape index (κ3) is 1.64. The van der Waals surface area contributed by atoms with E-state index in [1.165, 1.54) is 0 Å². The third-order valence-electron chi connectivity index (χ3n) is 3.36. The Bertz CT molecular complexity index is 926. The molecule has 4 aromatic rings. The highest BCUT2D eigenvalue weighted by molar-refractivity contribution is 6.01. The summed E-state index contributed by atoms with van der Waals surface area (Å²) in [6.07, 6.45) is 5.16. The van der Waals surface area contributed by atoms with Gasteiger partial charge in [-0.2, -0.15) is 5.10 Å². The number of aryl methyl sites for hydroxylation is 1. The predicted octanol–water partition coefficient (Wildman–Crippen LogP) is 2.88. The second-order valence-corrected chi connectivity index (χ2v) is 4.74. The van der Waals surface area contributed by atoms with E-state index in [1.54, 1.807) is 18.7 Å². The lowest BCUT2D eigenvalue weighted by molar-refractivity contribution is 1.12. The molecule has 3 aromatic heterocycles. The van der Waals surface area contributed by atoms with E-state index < -0.39 is 0 Å². The highest BCUT2D eigenvalue weighted by Crippen LogP contribution is 2.28. The van der Waals surface area contributed by atoms with Crippen molar-refractivity contribution in [3.8, 4) is 11.3 Å². The number of pyridine rings is 1. The van der Waals surface area contributed by atoms with Crippen LogP contribution in [0.5, 0.6) is 0 Å². The highest BCUT2D eigenvalue weighted by Gasteiger charge is 2.10. The molecule has 4 rings (SSSR count). The predicted molar refractivity (Wildman–Crippen MR) is 77.2 cm³/mol. The normalized spacial score (nSPS) is 11.2. The van der Waals surface area contributed by atoms with Crippen molar-refractivity contribution in [2.24, 2.45) is 0 Å². The van der Waals surface area contributed by atoms with Gasteiger partial charge in [0.1, 0.15) is 12.0 Å². The van der Waals surface area contributed by atoms with Crippen LogP contribution in [0.1, 0.15) is 5.69 Å². The number of benzene rings is 1. The van der Waals surface area contributed by atoms with Crippen molar-refractivity contribution in [1.82, 2.24) is 25.1 Å². The monoisotopic (exact) mass is 261 g/mol. The summed E-state index contributed by atoms with van der Waals surface area (Å²) < 4.78 is 0. The van der Waals surface area contributed by atoms with Crippen molar-refractivity contribution < 1.29 is 0 Å². The van der Waals surface area contributed by atoms with E-state index >= 15 is 0 Å². The molecule has 20 heavy (non-hydrogen) atoms. The van der Waals surface area contributed by atoms with E-state index in [9.17, 15) is 0 Å². The molecule has 5 nitrogen and oxygen atoms in total. The molecule has 0 amide bonds. The molecule has 0 fully saturated rings. The van der Waals surface area contributed by atoms with Gasteiger partial charge in [-0.25, -0.2) is 9.97 Å². The summed E-state index contributed by atoms with van der Waals surface area (Å²) >= 11 is 0. The van der Waals surface area contributed by atoms with E-state index in [1.807, 2.05) is 31.2 Å². The SMILES string of the molecule is Cc1cc(-c2n[nH]c3cc4cncnc4cc23)ccn1. The van der Waals surface area contributed by atoms with Crippen LogP contribution in [-0.4, -0.2) is 25.1 Å². The molecule has 3 heterocycles. The lowest BCUT2D eigenvalue weighted by Gasteiger charge is -2.00. The first-order valence-electron chi connectivity index (χ1n) is 6.32. The molecule has 0 atom stereocenters. The summed E-state index contributed by atoms with van der Waals surface area (Å²) in [6, 6.07) is 8.06. The quantitative estimate of drug-likeness (QED) is 0.572. The Balaban J connectivity index is 2.03. The molecule has 0 aliphatic carbocycles. The van der Waals surface area contributed by atoms with Crippen LogP contribution in [0.15, 0.2) is 43.0 Å². The topological polar surface area (TPSA) is 67.3 Å². The van der Waals surface area contributed by atoms with Crippen molar-refractivity contribution in [3.63, 3.8) is 0 Å². The van der Waals surface area contributed by atoms with Gasteiger partial charge in [0, 0.05) is 34.4 Å². The third-order valence-corrected chi connectivity index (χ3v) is 3.36. The maximum atomic E-state index is 4.43. The van der Waals surface area contributed by atoms with Gasteiger partial charge in [-0.15, -0.1) is 0 Å². The van der Waals surface area contributed by atoms with E-state index in [-0.39, 0.29) is 0 Å². The number of nitrogens with one attached hydrogen (secondary N) is 1.